The van der Waals surface area contributed by atoms with E-state index in [2.05, 4.69) is 25.8 Å². The molecule has 0 saturated carbocycles. The molecule has 1 aliphatic heterocycles. The molecular formula is C13H10N6O2. The van der Waals surface area contributed by atoms with E-state index in [0.717, 1.165) is 5.56 Å². The van der Waals surface area contributed by atoms with Crippen molar-refractivity contribution >= 4 is 5.91 Å². The second-order valence-corrected chi connectivity index (χ2v) is 4.55. The minimum absolute atomic E-state index is 0.187. The fourth-order valence-corrected chi connectivity index (χ4v) is 2.22. The second kappa shape index (κ2) is 4.51. The Morgan fingerprint density at radius 1 is 1.24 bits per heavy atom. The average Bonchev–Trinajstić information content (AvgIpc) is 3.15. The summed E-state index contributed by atoms with van der Waals surface area (Å²) in [7, 11) is 0. The van der Waals surface area contributed by atoms with Gasteiger partial charge < -0.3 is 9.84 Å². The highest BCUT2D eigenvalue weighted by Gasteiger charge is 2.28. The van der Waals surface area contributed by atoms with Gasteiger partial charge in [-0.2, -0.15) is 4.98 Å². The number of nitrogens with one attached hydrogen (secondary N) is 1. The molecule has 0 spiro atoms. The zero-order valence-corrected chi connectivity index (χ0v) is 10.9. The first kappa shape index (κ1) is 11.8. The van der Waals surface area contributed by atoms with Gasteiger partial charge in [-0.1, -0.05) is 40.7 Å². The number of hydrogen-bond donors (Lipinski definition) is 1. The quantitative estimate of drug-likeness (QED) is 0.744. The first-order valence-corrected chi connectivity index (χ1v) is 6.44. The van der Waals surface area contributed by atoms with Gasteiger partial charge in [-0.3, -0.25) is 4.79 Å². The van der Waals surface area contributed by atoms with Gasteiger partial charge in [0.1, 0.15) is 0 Å². The molecule has 21 heavy (non-hydrogen) atoms. The maximum atomic E-state index is 11.9. The summed E-state index contributed by atoms with van der Waals surface area (Å²) in [6.07, 6.45) is 0. The Hall–Kier alpha value is -3.03. The summed E-state index contributed by atoms with van der Waals surface area (Å²) in [4.78, 5) is 16.2. The Bertz CT molecular complexity index is 807. The maximum absolute atomic E-state index is 11.9. The average molecular weight is 282 g/mol. The summed E-state index contributed by atoms with van der Waals surface area (Å²) < 4.78 is 6.76. The van der Waals surface area contributed by atoms with Crippen LogP contribution in [-0.2, 0) is 6.54 Å². The molecule has 4 rings (SSSR count). The van der Waals surface area contributed by atoms with Crippen LogP contribution in [0.1, 0.15) is 10.5 Å². The van der Waals surface area contributed by atoms with Crippen LogP contribution in [0.15, 0.2) is 34.9 Å². The Morgan fingerprint density at radius 2 is 2.10 bits per heavy atom. The van der Waals surface area contributed by atoms with E-state index < -0.39 is 0 Å². The normalized spacial score (nSPS) is 13.8. The van der Waals surface area contributed by atoms with Crippen molar-refractivity contribution in [3.8, 4) is 23.0 Å². The van der Waals surface area contributed by atoms with Crippen LogP contribution in [-0.4, -0.2) is 37.6 Å². The lowest BCUT2D eigenvalue weighted by atomic mass is 10.2. The number of fused-ring (bicyclic) bond motifs is 1. The molecule has 1 amide bonds. The lowest BCUT2D eigenvalue weighted by molar-refractivity contribution is 0.0924. The molecule has 0 aliphatic carbocycles. The fourth-order valence-electron chi connectivity index (χ4n) is 2.22. The summed E-state index contributed by atoms with van der Waals surface area (Å²) in [6, 6.07) is 9.44. The van der Waals surface area contributed by atoms with Crippen LogP contribution in [0.5, 0.6) is 0 Å². The molecule has 3 heterocycles. The summed E-state index contributed by atoms with van der Waals surface area (Å²) in [5.74, 6) is 0.399. The molecule has 3 aromatic rings. The number of benzene rings is 1. The van der Waals surface area contributed by atoms with E-state index in [0.29, 0.717) is 30.3 Å². The molecule has 8 nitrogen and oxygen atoms in total. The number of nitrogens with zero attached hydrogens (tertiary/aromatic N) is 5. The van der Waals surface area contributed by atoms with Crippen LogP contribution in [0, 0.1) is 0 Å². The lowest BCUT2D eigenvalue weighted by Gasteiger charge is -2.12. The molecule has 8 heteroatoms. The van der Waals surface area contributed by atoms with Crippen LogP contribution in [0.2, 0.25) is 0 Å². The molecule has 0 bridgehead atoms. The van der Waals surface area contributed by atoms with E-state index in [1.807, 2.05) is 30.3 Å². The Labute approximate surface area is 118 Å². The number of carbonyl (C=O) groups excluding carboxylic acids is 1. The van der Waals surface area contributed by atoms with Crippen LogP contribution in [0.3, 0.4) is 0 Å². The van der Waals surface area contributed by atoms with Crippen molar-refractivity contribution < 1.29 is 9.32 Å². The standard InChI is InChI=1S/C13H10N6O2/c20-12-10-9(16-18-19(10)7-6-14-12)13-15-11(17-21-13)8-4-2-1-3-5-8/h1-5H,6-7H2,(H,14,20). The molecule has 0 unspecified atom stereocenters. The predicted octanol–water partition coefficient (Wildman–Crippen LogP) is 0.738. The van der Waals surface area contributed by atoms with Crippen molar-refractivity contribution in [1.82, 2.24) is 30.5 Å². The molecule has 1 aliphatic rings. The number of rotatable bonds is 2. The van der Waals surface area contributed by atoms with Gasteiger partial charge in [0.15, 0.2) is 11.4 Å². The van der Waals surface area contributed by atoms with Gasteiger partial charge in [-0.15, -0.1) is 5.10 Å². The molecule has 0 radical (unpaired) electrons. The van der Waals surface area contributed by atoms with Crippen molar-refractivity contribution in [2.75, 3.05) is 6.54 Å². The highest BCUT2D eigenvalue weighted by atomic mass is 16.5. The van der Waals surface area contributed by atoms with Gasteiger partial charge in [0.25, 0.3) is 11.8 Å². The van der Waals surface area contributed by atoms with Gasteiger partial charge in [0.2, 0.25) is 5.82 Å². The Kier molecular flexibility index (Phi) is 2.53. The van der Waals surface area contributed by atoms with E-state index in [1.54, 1.807) is 4.68 Å². The maximum Gasteiger partial charge on any atom is 0.281 e. The molecule has 104 valence electrons. The van der Waals surface area contributed by atoms with Crippen molar-refractivity contribution in [2.24, 2.45) is 0 Å². The number of carbonyl (C=O) groups is 1. The molecule has 1 aromatic carbocycles. The molecular weight excluding hydrogens is 272 g/mol. The summed E-state index contributed by atoms with van der Waals surface area (Å²) >= 11 is 0. The zero-order chi connectivity index (χ0) is 14.2. The van der Waals surface area contributed by atoms with Gasteiger partial charge in [0.05, 0.1) is 6.54 Å². The molecule has 2 aromatic heterocycles. The summed E-state index contributed by atoms with van der Waals surface area (Å²) in [5.41, 5.74) is 1.49. The van der Waals surface area contributed by atoms with Crippen molar-refractivity contribution in [3.05, 3.63) is 36.0 Å². The number of hydrogen-bond acceptors (Lipinski definition) is 6. The molecule has 0 saturated heterocycles. The minimum atomic E-state index is -0.235. The lowest BCUT2D eigenvalue weighted by Crippen LogP contribution is -2.35. The van der Waals surface area contributed by atoms with E-state index in [9.17, 15) is 4.79 Å². The molecule has 0 fully saturated rings. The smallest absolute Gasteiger partial charge is 0.281 e. The van der Waals surface area contributed by atoms with Gasteiger partial charge in [0, 0.05) is 12.1 Å². The summed E-state index contributed by atoms with van der Waals surface area (Å²) in [6.45, 7) is 1.11. The van der Waals surface area contributed by atoms with Gasteiger partial charge >= 0.3 is 0 Å². The van der Waals surface area contributed by atoms with E-state index in [-0.39, 0.29) is 11.8 Å². The third kappa shape index (κ3) is 1.88. The largest absolute Gasteiger partial charge is 0.349 e. The number of amides is 1. The zero-order valence-electron chi connectivity index (χ0n) is 10.9. The highest BCUT2D eigenvalue weighted by Crippen LogP contribution is 2.23. The van der Waals surface area contributed by atoms with Crippen LogP contribution < -0.4 is 5.32 Å². The predicted molar refractivity (Wildman–Crippen MR) is 71.1 cm³/mol. The van der Waals surface area contributed by atoms with E-state index in [1.165, 1.54) is 0 Å². The van der Waals surface area contributed by atoms with Crippen LogP contribution in [0.4, 0.5) is 0 Å². The van der Waals surface area contributed by atoms with Gasteiger partial charge in [-0.25, -0.2) is 4.68 Å². The first-order chi connectivity index (χ1) is 10.3. The Morgan fingerprint density at radius 3 is 2.95 bits per heavy atom. The molecule has 0 atom stereocenters. The molecule has 1 N–H and O–H groups in total. The van der Waals surface area contributed by atoms with E-state index in [4.69, 9.17) is 4.52 Å². The van der Waals surface area contributed by atoms with Crippen molar-refractivity contribution in [2.45, 2.75) is 6.54 Å². The summed E-state index contributed by atoms with van der Waals surface area (Å²) in [5, 5.41) is 14.6. The Balaban J connectivity index is 1.77. The first-order valence-electron chi connectivity index (χ1n) is 6.44. The second-order valence-electron chi connectivity index (χ2n) is 4.55. The topological polar surface area (TPSA) is 98.7 Å². The monoisotopic (exact) mass is 282 g/mol. The van der Waals surface area contributed by atoms with E-state index >= 15 is 0 Å². The van der Waals surface area contributed by atoms with Crippen LogP contribution in [0.25, 0.3) is 23.0 Å². The number of aromatic nitrogens is 5. The van der Waals surface area contributed by atoms with Crippen LogP contribution >= 0.6 is 0 Å². The highest BCUT2D eigenvalue weighted by molar-refractivity contribution is 5.97. The third-order valence-electron chi connectivity index (χ3n) is 3.22. The third-order valence-corrected chi connectivity index (χ3v) is 3.22. The van der Waals surface area contributed by atoms with Crippen molar-refractivity contribution in [1.29, 1.82) is 0 Å². The van der Waals surface area contributed by atoms with Crippen molar-refractivity contribution in [3.63, 3.8) is 0 Å². The SMILES string of the molecule is O=C1NCCn2nnc(-c3nc(-c4ccccc4)no3)c21. The minimum Gasteiger partial charge on any atom is -0.349 e. The fraction of sp³-hybridized carbons (Fsp3) is 0.154. The van der Waals surface area contributed by atoms with Gasteiger partial charge in [-0.05, 0) is 0 Å².